The van der Waals surface area contributed by atoms with Gasteiger partial charge in [-0.2, -0.15) is 0 Å². The summed E-state index contributed by atoms with van der Waals surface area (Å²) >= 11 is 0. The quantitative estimate of drug-likeness (QED) is 0.580. The van der Waals surface area contributed by atoms with E-state index in [1.165, 1.54) is 0 Å². The number of benzene rings is 2. The van der Waals surface area contributed by atoms with Gasteiger partial charge < -0.3 is 5.21 Å². The molecule has 0 spiro atoms. The number of nitrogens with zero attached hydrogens (tertiary/aromatic N) is 2. The van der Waals surface area contributed by atoms with Gasteiger partial charge in [-0.1, -0.05) is 36.4 Å². The van der Waals surface area contributed by atoms with E-state index in [-0.39, 0.29) is 0 Å². The molecular formula is C12H8N2O2. The normalized spacial score (nSPS) is 10.8. The van der Waals surface area contributed by atoms with Crippen LogP contribution in [0, 0.1) is 5.21 Å². The molecule has 0 aliphatic carbocycles. The van der Waals surface area contributed by atoms with Gasteiger partial charge in [0.1, 0.15) is 0 Å². The van der Waals surface area contributed by atoms with Gasteiger partial charge in [0.15, 0.2) is 0 Å². The van der Waals surface area contributed by atoms with Crippen LogP contribution in [0.5, 0.6) is 0 Å². The van der Waals surface area contributed by atoms with Crippen molar-refractivity contribution in [2.75, 3.05) is 0 Å². The third kappa shape index (κ3) is 1.24. The molecule has 2 aromatic carbocycles. The first-order valence-electron chi connectivity index (χ1n) is 4.90. The fourth-order valence-electron chi connectivity index (χ4n) is 1.75. The van der Waals surface area contributed by atoms with E-state index in [9.17, 15) is 5.21 Å². The van der Waals surface area contributed by atoms with Crippen LogP contribution in [0.2, 0.25) is 0 Å². The Hall–Kier alpha value is -2.36. The van der Waals surface area contributed by atoms with Gasteiger partial charge in [-0.05, 0) is 22.6 Å². The van der Waals surface area contributed by atoms with Crippen molar-refractivity contribution in [2.24, 2.45) is 0 Å². The Morgan fingerprint density at radius 1 is 1.00 bits per heavy atom. The Bertz CT molecular complexity index is 632. The summed E-state index contributed by atoms with van der Waals surface area (Å²) in [5, 5.41) is 15.0. The van der Waals surface area contributed by atoms with E-state index >= 15 is 0 Å². The average molecular weight is 212 g/mol. The zero-order valence-electron chi connectivity index (χ0n) is 8.33. The zero-order chi connectivity index (χ0) is 11.0. The Balaban J connectivity index is 2.32. The maximum Gasteiger partial charge on any atom is 0.256 e. The summed E-state index contributed by atoms with van der Waals surface area (Å²) < 4.78 is 4.59. The van der Waals surface area contributed by atoms with Gasteiger partial charge in [-0.15, -0.1) is 0 Å². The average Bonchev–Trinajstić information content (AvgIpc) is 2.73. The molecule has 0 unspecified atom stereocenters. The molecule has 0 saturated carbocycles. The molecule has 16 heavy (non-hydrogen) atoms. The highest BCUT2D eigenvalue weighted by molar-refractivity contribution is 5.89. The van der Waals surface area contributed by atoms with Crippen LogP contribution in [0.4, 0.5) is 0 Å². The molecule has 0 fully saturated rings. The number of fused-ring (bicyclic) bond motifs is 1. The largest absolute Gasteiger partial charge is 0.359 e. The Morgan fingerprint density at radius 3 is 2.62 bits per heavy atom. The standard InChI is InChI=1S/C12H8N2O2/c15-14-11-8-4-7-10(12(11)13-16-14)9-5-2-1-3-6-9/h1-8H. The van der Waals surface area contributed by atoms with E-state index in [1.54, 1.807) is 6.07 Å². The molecule has 4 heteroatoms. The number of hydrogen-bond acceptors (Lipinski definition) is 3. The van der Waals surface area contributed by atoms with Crippen molar-refractivity contribution in [3.63, 3.8) is 0 Å². The van der Waals surface area contributed by atoms with Crippen molar-refractivity contribution >= 4 is 11.0 Å². The molecule has 0 bridgehead atoms. The van der Waals surface area contributed by atoms with Crippen molar-refractivity contribution in [3.8, 4) is 11.1 Å². The smallest absolute Gasteiger partial charge is 0.256 e. The van der Waals surface area contributed by atoms with Gasteiger partial charge in [-0.25, -0.2) is 0 Å². The molecule has 0 aliphatic heterocycles. The van der Waals surface area contributed by atoms with Crippen LogP contribution >= 0.6 is 0 Å². The van der Waals surface area contributed by atoms with Crippen molar-refractivity contribution in [1.29, 1.82) is 0 Å². The van der Waals surface area contributed by atoms with Crippen LogP contribution in [0.1, 0.15) is 0 Å². The third-order valence-electron chi connectivity index (χ3n) is 2.50. The van der Waals surface area contributed by atoms with Gasteiger partial charge in [0.05, 0.1) is 0 Å². The first-order valence-corrected chi connectivity index (χ1v) is 4.90. The summed E-state index contributed by atoms with van der Waals surface area (Å²) in [5.41, 5.74) is 2.95. The van der Waals surface area contributed by atoms with E-state index in [0.717, 1.165) is 11.1 Å². The zero-order valence-corrected chi connectivity index (χ0v) is 8.33. The van der Waals surface area contributed by atoms with Crippen molar-refractivity contribution in [2.45, 2.75) is 0 Å². The van der Waals surface area contributed by atoms with E-state index in [0.29, 0.717) is 15.9 Å². The van der Waals surface area contributed by atoms with Crippen LogP contribution < -0.4 is 4.90 Å². The van der Waals surface area contributed by atoms with Crippen LogP contribution in [0.15, 0.2) is 53.2 Å². The van der Waals surface area contributed by atoms with Crippen LogP contribution in [-0.4, -0.2) is 5.16 Å². The molecule has 0 saturated heterocycles. The lowest BCUT2D eigenvalue weighted by Gasteiger charge is -1.98. The number of rotatable bonds is 1. The molecule has 3 aromatic rings. The third-order valence-corrected chi connectivity index (χ3v) is 2.50. The summed E-state index contributed by atoms with van der Waals surface area (Å²) in [7, 11) is 0. The van der Waals surface area contributed by atoms with Gasteiger partial charge >= 0.3 is 0 Å². The van der Waals surface area contributed by atoms with Crippen LogP contribution in [0.3, 0.4) is 0 Å². The highest BCUT2D eigenvalue weighted by Crippen LogP contribution is 2.25. The van der Waals surface area contributed by atoms with Gasteiger partial charge in [-0.3, -0.25) is 4.63 Å². The highest BCUT2D eigenvalue weighted by atomic mass is 16.8. The summed E-state index contributed by atoms with van der Waals surface area (Å²) in [6.07, 6.45) is 0. The van der Waals surface area contributed by atoms with Gasteiger partial charge in [0.25, 0.3) is 5.52 Å². The molecule has 4 nitrogen and oxygen atoms in total. The summed E-state index contributed by atoms with van der Waals surface area (Å²) in [6, 6.07) is 15.2. The van der Waals surface area contributed by atoms with Crippen molar-refractivity contribution in [1.82, 2.24) is 5.16 Å². The summed E-state index contributed by atoms with van der Waals surface area (Å²) in [6.45, 7) is 0. The lowest BCUT2D eigenvalue weighted by molar-refractivity contribution is -0.782. The first-order chi connectivity index (χ1) is 7.86. The molecule has 0 aliphatic rings. The molecular weight excluding hydrogens is 204 g/mol. The van der Waals surface area contributed by atoms with Gasteiger partial charge in [0.2, 0.25) is 5.52 Å². The first kappa shape index (κ1) is 8.91. The Labute approximate surface area is 91.3 Å². The molecule has 0 atom stereocenters. The molecule has 0 radical (unpaired) electrons. The molecule has 1 heterocycles. The second kappa shape index (κ2) is 3.34. The summed E-state index contributed by atoms with van der Waals surface area (Å²) in [4.78, 5) is 0.418. The highest BCUT2D eigenvalue weighted by Gasteiger charge is 2.14. The van der Waals surface area contributed by atoms with E-state index in [1.807, 2.05) is 42.5 Å². The minimum atomic E-state index is 0.418. The number of aromatic nitrogens is 2. The molecule has 78 valence electrons. The second-order valence-corrected chi connectivity index (χ2v) is 3.47. The number of hydrogen-bond donors (Lipinski definition) is 0. The maximum atomic E-state index is 11.2. The predicted molar refractivity (Wildman–Crippen MR) is 58.4 cm³/mol. The molecule has 1 aromatic heterocycles. The van der Waals surface area contributed by atoms with Crippen LogP contribution in [-0.2, 0) is 0 Å². The topological polar surface area (TPSA) is 53.0 Å². The fourth-order valence-corrected chi connectivity index (χ4v) is 1.75. The molecule has 3 rings (SSSR count). The van der Waals surface area contributed by atoms with Crippen LogP contribution in [0.25, 0.3) is 22.2 Å². The Morgan fingerprint density at radius 2 is 1.81 bits per heavy atom. The monoisotopic (exact) mass is 212 g/mol. The van der Waals surface area contributed by atoms with E-state index in [4.69, 9.17) is 0 Å². The molecule has 0 amide bonds. The molecule has 0 N–H and O–H groups in total. The van der Waals surface area contributed by atoms with Crippen molar-refractivity contribution in [3.05, 3.63) is 53.7 Å². The second-order valence-electron chi connectivity index (χ2n) is 3.47. The SMILES string of the molecule is [O-][n+]1onc2c(-c3ccccc3)cccc21. The minimum Gasteiger partial charge on any atom is -0.359 e. The lowest BCUT2D eigenvalue weighted by atomic mass is 10.0. The predicted octanol–water partition coefficient (Wildman–Crippen LogP) is 2.13. The lowest BCUT2D eigenvalue weighted by Crippen LogP contribution is -2.22. The van der Waals surface area contributed by atoms with Gasteiger partial charge in [0, 0.05) is 10.7 Å². The maximum absolute atomic E-state index is 11.2. The summed E-state index contributed by atoms with van der Waals surface area (Å²) in [5.74, 6) is 0. The van der Waals surface area contributed by atoms with E-state index in [2.05, 4.69) is 9.79 Å². The van der Waals surface area contributed by atoms with Crippen molar-refractivity contribution < 1.29 is 9.53 Å². The fraction of sp³-hybridized carbons (Fsp3) is 0. The van der Waals surface area contributed by atoms with E-state index < -0.39 is 0 Å². The minimum absolute atomic E-state index is 0.418. The Kier molecular flexibility index (Phi) is 1.86.